The molecular weight excluding hydrogens is 482 g/mol. The van der Waals surface area contributed by atoms with E-state index in [1.807, 2.05) is 18.2 Å². The van der Waals surface area contributed by atoms with Crippen molar-refractivity contribution in [2.45, 2.75) is 25.7 Å². The zero-order valence-corrected chi connectivity index (χ0v) is 21.7. The maximum Gasteiger partial charge on any atom is 0.260 e. The molecule has 3 rings (SSSR count). The second-order valence-electron chi connectivity index (χ2n) is 7.24. The number of ether oxygens (including phenoxy) is 1. The van der Waals surface area contributed by atoms with E-state index >= 15 is 0 Å². The highest BCUT2D eigenvalue weighted by Crippen LogP contribution is 2.32. The molecule has 0 radical (unpaired) electrons. The number of anilines is 1. The molecule has 33 heavy (non-hydrogen) atoms. The Morgan fingerprint density at radius 1 is 1.03 bits per heavy atom. The van der Waals surface area contributed by atoms with E-state index in [4.69, 9.17) is 4.74 Å². The summed E-state index contributed by atoms with van der Waals surface area (Å²) in [6.07, 6.45) is 0. The van der Waals surface area contributed by atoms with Gasteiger partial charge in [0.05, 0.1) is 28.0 Å². The Hall–Kier alpha value is -2.20. The van der Waals surface area contributed by atoms with E-state index in [9.17, 15) is 13.2 Å². The summed E-state index contributed by atoms with van der Waals surface area (Å²) in [7, 11) is -1.70. The molecule has 1 heterocycles. The smallest absolute Gasteiger partial charge is 0.260 e. The number of carbonyl (C=O) groups is 1. The maximum atomic E-state index is 13.5. The number of sulfone groups is 1. The first-order valence-corrected chi connectivity index (χ1v) is 13.1. The number of hydrogen-bond donors (Lipinski definition) is 0. The Balaban J connectivity index is 0.00000385. The molecule has 7 nitrogen and oxygen atoms in total. The van der Waals surface area contributed by atoms with Gasteiger partial charge in [0.1, 0.15) is 5.75 Å². The third kappa shape index (κ3) is 6.23. The summed E-state index contributed by atoms with van der Waals surface area (Å²) in [4.78, 5) is 22.3. The van der Waals surface area contributed by atoms with Crippen LogP contribution in [-0.2, 0) is 9.84 Å². The van der Waals surface area contributed by atoms with Crippen LogP contribution in [0.1, 0.15) is 31.1 Å². The number of methoxy groups -OCH3 is 1. The number of amides is 1. The molecule has 0 atom stereocenters. The van der Waals surface area contributed by atoms with Crippen molar-refractivity contribution in [3.8, 4) is 5.75 Å². The topological polar surface area (TPSA) is 79.8 Å². The molecule has 0 aliphatic carbocycles. The van der Waals surface area contributed by atoms with Crippen molar-refractivity contribution in [3.05, 3.63) is 48.0 Å². The second kappa shape index (κ2) is 11.8. The first kappa shape index (κ1) is 27.0. The summed E-state index contributed by atoms with van der Waals surface area (Å²) in [6.45, 7) is 8.75. The molecule has 0 aliphatic heterocycles. The standard InChI is InChI=1S/C23H29N3O4S2.ClH/c1-5-25(6-2)14-15-26(23-24-20-13-10-18(30-4)16-21(20)31-23)22(27)17-8-11-19(12-9-17)32(28,29)7-3;/h8-13,16H,5-7,14-15H2,1-4H3;1H. The molecule has 0 saturated carbocycles. The van der Waals surface area contributed by atoms with Crippen molar-refractivity contribution >= 4 is 54.8 Å². The zero-order valence-electron chi connectivity index (χ0n) is 19.3. The summed E-state index contributed by atoms with van der Waals surface area (Å²) in [6, 6.07) is 11.8. The Morgan fingerprint density at radius 2 is 1.70 bits per heavy atom. The largest absolute Gasteiger partial charge is 0.497 e. The van der Waals surface area contributed by atoms with Crippen molar-refractivity contribution in [2.24, 2.45) is 0 Å². The van der Waals surface area contributed by atoms with Gasteiger partial charge in [-0.15, -0.1) is 12.4 Å². The van der Waals surface area contributed by atoms with E-state index in [2.05, 4.69) is 23.7 Å². The molecule has 0 aliphatic rings. The lowest BCUT2D eigenvalue weighted by Gasteiger charge is -2.24. The van der Waals surface area contributed by atoms with E-state index in [1.54, 1.807) is 31.1 Å². The first-order valence-electron chi connectivity index (χ1n) is 10.6. The van der Waals surface area contributed by atoms with Gasteiger partial charge >= 0.3 is 0 Å². The lowest BCUT2D eigenvalue weighted by molar-refractivity contribution is 0.0983. The van der Waals surface area contributed by atoms with Gasteiger partial charge in [0.2, 0.25) is 0 Å². The molecule has 0 unspecified atom stereocenters. The third-order valence-electron chi connectivity index (χ3n) is 5.44. The van der Waals surface area contributed by atoms with Crippen molar-refractivity contribution in [1.29, 1.82) is 0 Å². The molecule has 0 spiro atoms. The first-order chi connectivity index (χ1) is 15.3. The number of hydrogen-bond acceptors (Lipinski definition) is 7. The SMILES string of the molecule is CCN(CC)CCN(C(=O)c1ccc(S(=O)(=O)CC)cc1)c1nc2ccc(OC)cc2s1.Cl. The number of nitrogens with zero attached hydrogens (tertiary/aromatic N) is 3. The van der Waals surface area contributed by atoms with Crippen molar-refractivity contribution in [3.63, 3.8) is 0 Å². The van der Waals surface area contributed by atoms with E-state index in [-0.39, 0.29) is 29.0 Å². The highest BCUT2D eigenvalue weighted by atomic mass is 35.5. The lowest BCUT2D eigenvalue weighted by Crippen LogP contribution is -2.38. The normalized spacial score (nSPS) is 11.4. The molecule has 0 N–H and O–H groups in total. The molecule has 1 amide bonds. The molecule has 2 aromatic carbocycles. The fourth-order valence-corrected chi connectivity index (χ4v) is 5.23. The molecule has 0 saturated heterocycles. The highest BCUT2D eigenvalue weighted by Gasteiger charge is 2.23. The minimum absolute atomic E-state index is 0. The minimum atomic E-state index is -3.32. The number of carbonyl (C=O) groups excluding carboxylic acids is 1. The number of halogens is 1. The lowest BCUT2D eigenvalue weighted by atomic mass is 10.2. The van der Waals surface area contributed by atoms with Gasteiger partial charge in [0.15, 0.2) is 15.0 Å². The third-order valence-corrected chi connectivity index (χ3v) is 8.23. The predicted molar refractivity (Wildman–Crippen MR) is 137 cm³/mol. The van der Waals surface area contributed by atoms with E-state index in [0.29, 0.717) is 23.8 Å². The van der Waals surface area contributed by atoms with Crippen LogP contribution in [0, 0.1) is 0 Å². The average Bonchev–Trinajstić information content (AvgIpc) is 3.24. The highest BCUT2D eigenvalue weighted by molar-refractivity contribution is 7.91. The van der Waals surface area contributed by atoms with Crippen LogP contribution < -0.4 is 9.64 Å². The Morgan fingerprint density at radius 3 is 2.27 bits per heavy atom. The fraction of sp³-hybridized carbons (Fsp3) is 0.391. The fourth-order valence-electron chi connectivity index (χ4n) is 3.33. The van der Waals surface area contributed by atoms with Crippen molar-refractivity contribution < 1.29 is 17.9 Å². The van der Waals surface area contributed by atoms with Gasteiger partial charge in [-0.3, -0.25) is 9.69 Å². The summed E-state index contributed by atoms with van der Waals surface area (Å²) in [5.41, 5.74) is 1.23. The molecule has 0 bridgehead atoms. The van der Waals surface area contributed by atoms with Gasteiger partial charge in [0.25, 0.3) is 5.91 Å². The number of aromatic nitrogens is 1. The minimum Gasteiger partial charge on any atom is -0.497 e. The van der Waals surface area contributed by atoms with Crippen molar-refractivity contribution in [2.75, 3.05) is 43.9 Å². The number of fused-ring (bicyclic) bond motifs is 1. The summed E-state index contributed by atoms with van der Waals surface area (Å²) < 4.78 is 30.5. The van der Waals surface area contributed by atoms with E-state index in [1.165, 1.54) is 23.5 Å². The van der Waals surface area contributed by atoms with Crippen LogP contribution in [-0.4, -0.2) is 63.3 Å². The number of likely N-dealkylation sites (N-methyl/N-ethyl adjacent to an activating group) is 1. The number of benzene rings is 2. The van der Waals surface area contributed by atoms with Gasteiger partial charge in [-0.1, -0.05) is 32.1 Å². The van der Waals surface area contributed by atoms with Crippen LogP contribution in [0.5, 0.6) is 5.75 Å². The molecule has 180 valence electrons. The zero-order chi connectivity index (χ0) is 23.3. The molecule has 3 aromatic rings. The van der Waals surface area contributed by atoms with Gasteiger partial charge in [-0.25, -0.2) is 13.4 Å². The van der Waals surface area contributed by atoms with Gasteiger partial charge in [0, 0.05) is 18.7 Å². The van der Waals surface area contributed by atoms with Gasteiger partial charge in [-0.2, -0.15) is 0 Å². The van der Waals surface area contributed by atoms with Crippen LogP contribution in [0.2, 0.25) is 0 Å². The second-order valence-corrected chi connectivity index (χ2v) is 10.5. The molecule has 10 heteroatoms. The predicted octanol–water partition coefficient (Wildman–Crippen LogP) is 4.51. The summed E-state index contributed by atoms with van der Waals surface area (Å²) in [5, 5.41) is 0.607. The molecule has 0 fully saturated rings. The Kier molecular flexibility index (Phi) is 9.66. The van der Waals surface area contributed by atoms with Crippen LogP contribution >= 0.6 is 23.7 Å². The maximum absolute atomic E-state index is 13.5. The van der Waals surface area contributed by atoms with Crippen molar-refractivity contribution in [1.82, 2.24) is 9.88 Å². The van der Waals surface area contributed by atoms with Crippen LogP contribution in [0.15, 0.2) is 47.4 Å². The summed E-state index contributed by atoms with van der Waals surface area (Å²) in [5.74, 6) is 0.552. The average molecular weight is 512 g/mol. The molecular formula is C23H30ClN3O4S2. The van der Waals surface area contributed by atoms with Crippen LogP contribution in [0.4, 0.5) is 5.13 Å². The summed E-state index contributed by atoms with van der Waals surface area (Å²) >= 11 is 1.44. The number of thiazole rings is 1. The molecule has 1 aromatic heterocycles. The van der Waals surface area contributed by atoms with Gasteiger partial charge < -0.3 is 9.64 Å². The Bertz CT molecular complexity index is 1180. The van der Waals surface area contributed by atoms with Crippen LogP contribution in [0.3, 0.4) is 0 Å². The Labute approximate surface area is 205 Å². The number of rotatable bonds is 10. The van der Waals surface area contributed by atoms with Crippen LogP contribution in [0.25, 0.3) is 10.2 Å². The van der Waals surface area contributed by atoms with E-state index < -0.39 is 9.84 Å². The quantitative estimate of drug-likeness (QED) is 0.398. The monoisotopic (exact) mass is 511 g/mol. The van der Waals surface area contributed by atoms with E-state index in [0.717, 1.165) is 29.1 Å². The van der Waals surface area contributed by atoms with Gasteiger partial charge in [-0.05, 0) is 55.6 Å².